The molecule has 4 heteroatoms. The topological polar surface area (TPSA) is 46.2 Å². The molecule has 102 valence electrons. The van der Waals surface area contributed by atoms with E-state index in [9.17, 15) is 8.42 Å². The van der Waals surface area contributed by atoms with Crippen LogP contribution in [0.25, 0.3) is 0 Å². The summed E-state index contributed by atoms with van der Waals surface area (Å²) >= 11 is 0. The standard InChI is InChI=1S/C13H27NO2S/c1-3-12(4-2)10-14-17(15,16)11-13-8-6-5-7-9-13/h12-14H,3-11H2,1-2H3. The zero-order valence-electron chi connectivity index (χ0n) is 11.2. The summed E-state index contributed by atoms with van der Waals surface area (Å²) in [5.74, 6) is 1.21. The minimum Gasteiger partial charge on any atom is -0.215 e. The average molecular weight is 261 g/mol. The first kappa shape index (κ1) is 15.0. The van der Waals surface area contributed by atoms with Crippen LogP contribution < -0.4 is 4.72 Å². The summed E-state index contributed by atoms with van der Waals surface area (Å²) < 4.78 is 26.6. The largest absolute Gasteiger partial charge is 0.215 e. The first-order chi connectivity index (χ1) is 8.07. The van der Waals surface area contributed by atoms with Gasteiger partial charge in [0.25, 0.3) is 0 Å². The molecule has 0 bridgehead atoms. The van der Waals surface area contributed by atoms with Gasteiger partial charge >= 0.3 is 0 Å². The molecule has 0 atom stereocenters. The van der Waals surface area contributed by atoms with Gasteiger partial charge in [-0.1, -0.05) is 46.0 Å². The zero-order chi connectivity index (χ0) is 12.7. The fraction of sp³-hybridized carbons (Fsp3) is 1.00. The molecule has 0 aromatic carbocycles. The van der Waals surface area contributed by atoms with Crippen molar-refractivity contribution in [1.29, 1.82) is 0 Å². The van der Waals surface area contributed by atoms with Gasteiger partial charge in [-0.3, -0.25) is 0 Å². The Morgan fingerprint density at radius 2 is 1.71 bits per heavy atom. The summed E-state index contributed by atoms with van der Waals surface area (Å²) in [5.41, 5.74) is 0. The van der Waals surface area contributed by atoms with Gasteiger partial charge in [0.1, 0.15) is 0 Å². The molecule has 0 aromatic heterocycles. The van der Waals surface area contributed by atoms with Gasteiger partial charge in [0, 0.05) is 6.54 Å². The Balaban J connectivity index is 2.34. The highest BCUT2D eigenvalue weighted by Gasteiger charge is 2.21. The van der Waals surface area contributed by atoms with Gasteiger partial charge in [0.05, 0.1) is 5.75 Å². The van der Waals surface area contributed by atoms with E-state index in [4.69, 9.17) is 0 Å². The Bertz CT molecular complexity index is 291. The molecule has 0 radical (unpaired) electrons. The molecular formula is C13H27NO2S. The zero-order valence-corrected chi connectivity index (χ0v) is 12.1. The van der Waals surface area contributed by atoms with Gasteiger partial charge in [-0.05, 0) is 24.7 Å². The van der Waals surface area contributed by atoms with Gasteiger partial charge in [-0.15, -0.1) is 0 Å². The van der Waals surface area contributed by atoms with Crippen molar-refractivity contribution < 1.29 is 8.42 Å². The van der Waals surface area contributed by atoms with Crippen LogP contribution in [0.15, 0.2) is 0 Å². The summed E-state index contributed by atoms with van der Waals surface area (Å²) in [6, 6.07) is 0. The van der Waals surface area contributed by atoms with Gasteiger partial charge in [0.15, 0.2) is 0 Å². The molecule has 0 aromatic rings. The second-order valence-electron chi connectivity index (χ2n) is 5.32. The molecule has 1 aliphatic carbocycles. The minimum absolute atomic E-state index is 0.340. The Kier molecular flexibility index (Phi) is 6.49. The summed E-state index contributed by atoms with van der Waals surface area (Å²) in [7, 11) is -3.05. The molecule has 1 aliphatic rings. The molecule has 17 heavy (non-hydrogen) atoms. The van der Waals surface area contributed by atoms with Crippen molar-refractivity contribution in [2.75, 3.05) is 12.3 Å². The fourth-order valence-corrected chi connectivity index (χ4v) is 4.11. The van der Waals surface area contributed by atoms with E-state index in [1.54, 1.807) is 0 Å². The number of sulfonamides is 1. The summed E-state index contributed by atoms with van der Waals surface area (Å²) in [6.07, 6.45) is 7.94. The SMILES string of the molecule is CCC(CC)CNS(=O)(=O)CC1CCCCC1. The number of hydrogen-bond donors (Lipinski definition) is 1. The van der Waals surface area contributed by atoms with Gasteiger partial charge in [-0.2, -0.15) is 0 Å². The normalized spacial score (nSPS) is 18.8. The van der Waals surface area contributed by atoms with Crippen LogP contribution >= 0.6 is 0 Å². The first-order valence-corrected chi connectivity index (χ1v) is 8.70. The smallest absolute Gasteiger partial charge is 0.211 e. The van der Waals surface area contributed by atoms with Crippen LogP contribution in [0, 0.1) is 11.8 Å². The van der Waals surface area contributed by atoms with Crippen molar-refractivity contribution >= 4 is 10.0 Å². The van der Waals surface area contributed by atoms with Crippen molar-refractivity contribution in [1.82, 2.24) is 4.72 Å². The lowest BCUT2D eigenvalue weighted by molar-refractivity contribution is 0.383. The molecule has 1 saturated carbocycles. The highest BCUT2D eigenvalue weighted by Crippen LogP contribution is 2.24. The lowest BCUT2D eigenvalue weighted by atomic mass is 9.91. The van der Waals surface area contributed by atoms with E-state index in [0.717, 1.165) is 25.7 Å². The molecular weight excluding hydrogens is 234 g/mol. The Morgan fingerprint density at radius 1 is 1.12 bits per heavy atom. The van der Waals surface area contributed by atoms with Gasteiger partial charge in [-0.25, -0.2) is 13.1 Å². The van der Waals surface area contributed by atoms with Crippen LogP contribution in [0.5, 0.6) is 0 Å². The third kappa shape index (κ3) is 5.87. The quantitative estimate of drug-likeness (QED) is 0.766. The van der Waals surface area contributed by atoms with E-state index >= 15 is 0 Å². The predicted octanol–water partition coefficient (Wildman–Crippen LogP) is 2.92. The van der Waals surface area contributed by atoms with Crippen molar-refractivity contribution in [3.8, 4) is 0 Å². The maximum Gasteiger partial charge on any atom is 0.211 e. The van der Waals surface area contributed by atoms with Crippen LogP contribution in [0.1, 0.15) is 58.8 Å². The number of nitrogens with one attached hydrogen (secondary N) is 1. The van der Waals surface area contributed by atoms with Crippen LogP contribution in [-0.2, 0) is 10.0 Å². The maximum absolute atomic E-state index is 11.9. The summed E-state index contributed by atoms with van der Waals surface area (Å²) in [6.45, 7) is 4.84. The van der Waals surface area contributed by atoms with Gasteiger partial charge in [0.2, 0.25) is 10.0 Å². The van der Waals surface area contributed by atoms with Crippen LogP contribution in [0.2, 0.25) is 0 Å². The molecule has 1 fully saturated rings. The molecule has 0 saturated heterocycles. The average Bonchev–Trinajstić information content (AvgIpc) is 2.31. The van der Waals surface area contributed by atoms with Crippen molar-refractivity contribution in [2.45, 2.75) is 58.8 Å². The van der Waals surface area contributed by atoms with Crippen LogP contribution in [0.3, 0.4) is 0 Å². The van der Waals surface area contributed by atoms with E-state index in [1.807, 2.05) is 0 Å². The van der Waals surface area contributed by atoms with Crippen molar-refractivity contribution in [3.63, 3.8) is 0 Å². The molecule has 0 amide bonds. The summed E-state index contributed by atoms with van der Waals surface area (Å²) in [4.78, 5) is 0. The molecule has 0 unspecified atom stereocenters. The summed E-state index contributed by atoms with van der Waals surface area (Å²) in [5, 5.41) is 0. The van der Waals surface area contributed by atoms with Crippen LogP contribution in [-0.4, -0.2) is 20.7 Å². The molecule has 0 aliphatic heterocycles. The second kappa shape index (κ2) is 7.37. The molecule has 1 rings (SSSR count). The highest BCUT2D eigenvalue weighted by molar-refractivity contribution is 7.89. The number of rotatable bonds is 7. The predicted molar refractivity (Wildman–Crippen MR) is 72.4 cm³/mol. The Labute approximate surface area is 106 Å². The van der Waals surface area contributed by atoms with Crippen LogP contribution in [0.4, 0.5) is 0 Å². The first-order valence-electron chi connectivity index (χ1n) is 7.04. The van der Waals surface area contributed by atoms with Gasteiger partial charge < -0.3 is 0 Å². The van der Waals surface area contributed by atoms with E-state index in [1.165, 1.54) is 19.3 Å². The fourth-order valence-electron chi connectivity index (χ4n) is 2.55. The highest BCUT2D eigenvalue weighted by atomic mass is 32.2. The second-order valence-corrected chi connectivity index (χ2v) is 7.17. The number of hydrogen-bond acceptors (Lipinski definition) is 2. The lowest BCUT2D eigenvalue weighted by Gasteiger charge is -2.22. The molecule has 1 N–H and O–H groups in total. The van der Waals surface area contributed by atoms with E-state index in [0.29, 0.717) is 24.1 Å². The molecule has 3 nitrogen and oxygen atoms in total. The van der Waals surface area contributed by atoms with E-state index in [-0.39, 0.29) is 0 Å². The Morgan fingerprint density at radius 3 is 2.24 bits per heavy atom. The monoisotopic (exact) mass is 261 g/mol. The third-order valence-corrected chi connectivity index (χ3v) is 5.44. The maximum atomic E-state index is 11.9. The minimum atomic E-state index is -3.05. The molecule has 0 spiro atoms. The molecule has 0 heterocycles. The van der Waals surface area contributed by atoms with Crippen molar-refractivity contribution in [3.05, 3.63) is 0 Å². The third-order valence-electron chi connectivity index (χ3n) is 3.93. The van der Waals surface area contributed by atoms with E-state index < -0.39 is 10.0 Å². The van der Waals surface area contributed by atoms with E-state index in [2.05, 4.69) is 18.6 Å². The lowest BCUT2D eigenvalue weighted by Crippen LogP contribution is -2.34. The Hall–Kier alpha value is -0.0900. The van der Waals surface area contributed by atoms with Crippen molar-refractivity contribution in [2.24, 2.45) is 11.8 Å².